The number of pyridine rings is 1. The molecule has 2 heterocycles. The molecule has 9 heteroatoms. The Morgan fingerprint density at radius 3 is 2.54 bits per heavy atom. The first-order valence-corrected chi connectivity index (χ1v) is 15.7. The second kappa shape index (κ2) is 12.0. The molecule has 0 bridgehead atoms. The molecule has 8 nitrogen and oxygen atoms in total. The Hall–Kier alpha value is -3.84. The van der Waals surface area contributed by atoms with Crippen LogP contribution in [0, 0.1) is 13.8 Å². The van der Waals surface area contributed by atoms with E-state index in [2.05, 4.69) is 27.4 Å². The number of amides is 1. The van der Waals surface area contributed by atoms with Crippen LogP contribution in [0.3, 0.4) is 0 Å². The zero-order valence-corrected chi connectivity index (χ0v) is 24.7. The Kier molecular flexibility index (Phi) is 8.36. The SMILES string of the molecule is CCC(C)OP(=O)(O)CCCc1cc(C)c(-c2nc3ccc(C(=O)Nc4ccc5ccccc5n4)cc3[nH]2)c(C)c1. The smallest absolute Gasteiger partial charge is 0.328 e. The van der Waals surface area contributed by atoms with Crippen LogP contribution in [0.25, 0.3) is 33.3 Å². The van der Waals surface area contributed by atoms with Crippen molar-refractivity contribution in [2.24, 2.45) is 0 Å². The van der Waals surface area contributed by atoms with Crippen molar-refractivity contribution in [3.05, 3.63) is 89.0 Å². The summed E-state index contributed by atoms with van der Waals surface area (Å²) in [7, 11) is -3.59. The summed E-state index contributed by atoms with van der Waals surface area (Å²) in [6.45, 7) is 7.82. The van der Waals surface area contributed by atoms with Gasteiger partial charge in [0.2, 0.25) is 0 Å². The zero-order chi connectivity index (χ0) is 29.1. The molecular weight excluding hydrogens is 535 g/mol. The molecule has 0 radical (unpaired) electrons. The Morgan fingerprint density at radius 2 is 1.78 bits per heavy atom. The second-order valence-corrected chi connectivity index (χ2v) is 12.5. The monoisotopic (exact) mass is 570 g/mol. The van der Waals surface area contributed by atoms with E-state index in [9.17, 15) is 14.3 Å². The maximum absolute atomic E-state index is 13.0. The van der Waals surface area contributed by atoms with Crippen molar-refractivity contribution in [1.29, 1.82) is 0 Å². The summed E-state index contributed by atoms with van der Waals surface area (Å²) in [5, 5.41) is 3.90. The highest BCUT2D eigenvalue weighted by Crippen LogP contribution is 2.44. The van der Waals surface area contributed by atoms with Gasteiger partial charge in [-0.15, -0.1) is 0 Å². The molecule has 2 unspecified atom stereocenters. The van der Waals surface area contributed by atoms with E-state index in [0.717, 1.165) is 50.0 Å². The number of H-pyrrole nitrogens is 1. The number of imidazole rings is 1. The zero-order valence-electron chi connectivity index (χ0n) is 23.8. The van der Waals surface area contributed by atoms with Crippen molar-refractivity contribution >= 4 is 41.3 Å². The van der Waals surface area contributed by atoms with Crippen LogP contribution >= 0.6 is 7.60 Å². The van der Waals surface area contributed by atoms with E-state index in [1.165, 1.54) is 0 Å². The minimum Gasteiger partial charge on any atom is -0.338 e. The van der Waals surface area contributed by atoms with Gasteiger partial charge in [-0.25, -0.2) is 9.97 Å². The molecule has 212 valence electrons. The van der Waals surface area contributed by atoms with Crippen LogP contribution in [0.4, 0.5) is 5.82 Å². The fourth-order valence-electron chi connectivity index (χ4n) is 5.06. The first-order chi connectivity index (χ1) is 19.6. The fourth-order valence-corrected chi connectivity index (χ4v) is 6.43. The minimum absolute atomic E-state index is 0.133. The highest BCUT2D eigenvalue weighted by Gasteiger charge is 2.22. The molecule has 41 heavy (non-hydrogen) atoms. The Bertz CT molecular complexity index is 1760. The molecule has 0 spiro atoms. The third-order valence-corrected chi connectivity index (χ3v) is 8.81. The molecular formula is C32H35N4O4P. The van der Waals surface area contributed by atoms with Gasteiger partial charge in [-0.3, -0.25) is 9.36 Å². The number of anilines is 1. The normalized spacial score (nSPS) is 13.8. The summed E-state index contributed by atoms with van der Waals surface area (Å²) >= 11 is 0. The summed E-state index contributed by atoms with van der Waals surface area (Å²) < 4.78 is 17.6. The van der Waals surface area contributed by atoms with Gasteiger partial charge in [0.25, 0.3) is 5.91 Å². The number of rotatable bonds is 10. The lowest BCUT2D eigenvalue weighted by atomic mass is 9.97. The summed E-state index contributed by atoms with van der Waals surface area (Å²) in [5.41, 5.74) is 7.08. The third-order valence-electron chi connectivity index (χ3n) is 7.24. The van der Waals surface area contributed by atoms with E-state index in [0.29, 0.717) is 30.6 Å². The topological polar surface area (TPSA) is 117 Å². The first-order valence-electron chi connectivity index (χ1n) is 13.9. The quantitative estimate of drug-likeness (QED) is 0.149. The van der Waals surface area contributed by atoms with Crippen molar-refractivity contribution in [3.63, 3.8) is 0 Å². The fraction of sp³-hybridized carbons (Fsp3) is 0.281. The molecule has 0 saturated heterocycles. The molecule has 1 amide bonds. The number of carbonyl (C=O) groups excluding carboxylic acids is 1. The number of benzene rings is 3. The summed E-state index contributed by atoms with van der Waals surface area (Å²) in [6.07, 6.45) is 1.84. The van der Waals surface area contributed by atoms with Gasteiger partial charge in [0.15, 0.2) is 0 Å². The summed E-state index contributed by atoms with van der Waals surface area (Å²) in [6, 6.07) is 21.1. The van der Waals surface area contributed by atoms with Crippen molar-refractivity contribution in [1.82, 2.24) is 15.0 Å². The Balaban J connectivity index is 1.30. The van der Waals surface area contributed by atoms with Crippen molar-refractivity contribution in [2.75, 3.05) is 11.5 Å². The van der Waals surface area contributed by atoms with Crippen LogP contribution in [0.2, 0.25) is 0 Å². The average molecular weight is 571 g/mol. The predicted molar refractivity (Wildman–Crippen MR) is 165 cm³/mol. The molecule has 5 rings (SSSR count). The number of fused-ring (bicyclic) bond motifs is 2. The van der Waals surface area contributed by atoms with Gasteiger partial charge in [0.05, 0.1) is 28.8 Å². The second-order valence-electron chi connectivity index (χ2n) is 10.6. The van der Waals surface area contributed by atoms with Crippen molar-refractivity contribution in [3.8, 4) is 11.4 Å². The lowest BCUT2D eigenvalue weighted by Crippen LogP contribution is -2.12. The number of hydrogen-bond acceptors (Lipinski definition) is 5. The molecule has 3 aromatic carbocycles. The van der Waals surface area contributed by atoms with E-state index in [4.69, 9.17) is 9.51 Å². The Morgan fingerprint density at radius 1 is 1.02 bits per heavy atom. The van der Waals surface area contributed by atoms with E-state index in [1.807, 2.05) is 64.1 Å². The van der Waals surface area contributed by atoms with Gasteiger partial charge in [0.1, 0.15) is 11.6 Å². The molecule has 5 aromatic rings. The van der Waals surface area contributed by atoms with Crippen LogP contribution in [0.15, 0.2) is 66.7 Å². The maximum atomic E-state index is 13.0. The van der Waals surface area contributed by atoms with E-state index >= 15 is 0 Å². The highest BCUT2D eigenvalue weighted by atomic mass is 31.2. The minimum atomic E-state index is -3.59. The number of para-hydroxylation sites is 1. The van der Waals surface area contributed by atoms with E-state index in [1.54, 1.807) is 18.2 Å². The summed E-state index contributed by atoms with van der Waals surface area (Å²) in [5.74, 6) is 0.983. The number of hydrogen-bond donors (Lipinski definition) is 3. The van der Waals surface area contributed by atoms with Gasteiger partial charge < -0.3 is 19.7 Å². The molecule has 2 aromatic heterocycles. The molecule has 0 aliphatic carbocycles. The molecule has 0 aliphatic rings. The van der Waals surface area contributed by atoms with Crippen LogP contribution in [0.5, 0.6) is 0 Å². The van der Waals surface area contributed by atoms with Gasteiger partial charge in [-0.1, -0.05) is 37.3 Å². The van der Waals surface area contributed by atoms with Crippen LogP contribution in [0.1, 0.15) is 53.7 Å². The Labute approximate surface area is 239 Å². The molecule has 0 saturated carbocycles. The van der Waals surface area contributed by atoms with Gasteiger partial charge in [-0.05, 0) is 93.1 Å². The van der Waals surface area contributed by atoms with E-state index in [-0.39, 0.29) is 18.2 Å². The number of carbonyl (C=O) groups is 1. The molecule has 0 aliphatic heterocycles. The average Bonchev–Trinajstić information content (AvgIpc) is 3.35. The summed E-state index contributed by atoms with van der Waals surface area (Å²) in [4.78, 5) is 35.9. The molecule has 3 N–H and O–H groups in total. The number of aromatic nitrogens is 3. The highest BCUT2D eigenvalue weighted by molar-refractivity contribution is 7.52. The third kappa shape index (κ3) is 6.73. The molecule has 2 atom stereocenters. The predicted octanol–water partition coefficient (Wildman–Crippen LogP) is 7.58. The maximum Gasteiger partial charge on any atom is 0.328 e. The number of aromatic amines is 1. The lowest BCUT2D eigenvalue weighted by molar-refractivity contribution is 0.102. The lowest BCUT2D eigenvalue weighted by Gasteiger charge is -2.17. The van der Waals surface area contributed by atoms with Gasteiger partial charge >= 0.3 is 7.60 Å². The standard InChI is InChI=1S/C32H35N4O4P/c1-5-22(4)40-41(38,39)16-8-9-23-17-20(2)30(21(3)18-23)31-34-27-14-12-25(19-28(27)35-31)32(37)36-29-15-13-24-10-6-7-11-26(24)33-29/h6-7,10-15,17-19,22H,5,8-9,16H2,1-4H3,(H,34,35)(H,38,39)(H,33,36,37). The van der Waals surface area contributed by atoms with Gasteiger partial charge in [-0.2, -0.15) is 0 Å². The number of aryl methyl sites for hydroxylation is 3. The number of nitrogens with one attached hydrogen (secondary N) is 2. The largest absolute Gasteiger partial charge is 0.338 e. The molecule has 0 fully saturated rings. The van der Waals surface area contributed by atoms with Crippen LogP contribution < -0.4 is 5.32 Å². The van der Waals surface area contributed by atoms with Crippen LogP contribution in [-0.4, -0.2) is 38.0 Å². The van der Waals surface area contributed by atoms with Crippen LogP contribution in [-0.2, 0) is 15.5 Å². The first kappa shape index (κ1) is 28.7. The van der Waals surface area contributed by atoms with Crippen molar-refractivity contribution < 1.29 is 18.8 Å². The number of nitrogens with zero attached hydrogens (tertiary/aromatic N) is 2. The van der Waals surface area contributed by atoms with Crippen molar-refractivity contribution in [2.45, 2.75) is 53.1 Å². The van der Waals surface area contributed by atoms with E-state index < -0.39 is 7.60 Å². The van der Waals surface area contributed by atoms with Gasteiger partial charge in [0, 0.05) is 16.5 Å².